The van der Waals surface area contributed by atoms with Gasteiger partial charge in [-0.2, -0.15) is 0 Å². The molecule has 0 aromatic heterocycles. The molecule has 3 nitrogen and oxygen atoms in total. The zero-order valence-corrected chi connectivity index (χ0v) is 11.4. The molecule has 1 aromatic carbocycles. The average Bonchev–Trinajstić information content (AvgIpc) is 2.21. The molecule has 0 aliphatic carbocycles. The summed E-state index contributed by atoms with van der Waals surface area (Å²) in [5.74, 6) is -0.129. The van der Waals surface area contributed by atoms with Crippen LogP contribution in [0.4, 0.5) is 5.69 Å². The molecule has 3 N–H and O–H groups in total. The lowest BCUT2D eigenvalue weighted by molar-refractivity contribution is -0.117. The minimum atomic E-state index is -0.442. The Morgan fingerprint density at radius 3 is 2.38 bits per heavy atom. The first-order chi connectivity index (χ1) is 7.45. The number of nitrogens with one attached hydrogen (secondary N) is 1. The van der Waals surface area contributed by atoms with E-state index < -0.39 is 6.04 Å². The molecule has 0 heterocycles. The zero-order valence-electron chi connectivity index (χ0n) is 9.80. The van der Waals surface area contributed by atoms with Crippen molar-refractivity contribution in [2.75, 3.05) is 5.32 Å². The van der Waals surface area contributed by atoms with Gasteiger partial charge in [-0.15, -0.1) is 0 Å². The Morgan fingerprint density at radius 1 is 1.44 bits per heavy atom. The van der Waals surface area contributed by atoms with Crippen LogP contribution in [0.3, 0.4) is 0 Å². The maximum Gasteiger partial charge on any atom is 0.241 e. The van der Waals surface area contributed by atoms with Crippen molar-refractivity contribution in [1.29, 1.82) is 0 Å². The van der Waals surface area contributed by atoms with Crippen LogP contribution in [-0.2, 0) is 4.79 Å². The van der Waals surface area contributed by atoms with E-state index in [0.29, 0.717) is 6.42 Å². The molecular weight excluding hydrogens is 268 g/mol. The Hall–Kier alpha value is -0.870. The molecule has 0 bridgehead atoms. The molecular formula is C12H17BrN2O. The van der Waals surface area contributed by atoms with E-state index in [0.717, 1.165) is 21.3 Å². The molecule has 0 radical (unpaired) electrons. The van der Waals surface area contributed by atoms with Crippen LogP contribution in [-0.4, -0.2) is 11.9 Å². The molecule has 0 saturated heterocycles. The highest BCUT2D eigenvalue weighted by Gasteiger charge is 2.13. The second kappa shape index (κ2) is 5.46. The van der Waals surface area contributed by atoms with Gasteiger partial charge in [-0.25, -0.2) is 0 Å². The first-order valence-electron chi connectivity index (χ1n) is 5.29. The maximum absolute atomic E-state index is 11.7. The molecule has 88 valence electrons. The van der Waals surface area contributed by atoms with Crippen LogP contribution in [0.2, 0.25) is 0 Å². The highest BCUT2D eigenvalue weighted by molar-refractivity contribution is 9.10. The predicted octanol–water partition coefficient (Wildman–Crippen LogP) is 2.74. The second-order valence-electron chi connectivity index (χ2n) is 3.92. The van der Waals surface area contributed by atoms with Gasteiger partial charge in [-0.05, 0) is 43.5 Å². The van der Waals surface area contributed by atoms with Crippen molar-refractivity contribution < 1.29 is 4.79 Å². The van der Waals surface area contributed by atoms with E-state index in [9.17, 15) is 4.79 Å². The van der Waals surface area contributed by atoms with Gasteiger partial charge in [0.1, 0.15) is 0 Å². The molecule has 0 saturated carbocycles. The summed E-state index contributed by atoms with van der Waals surface area (Å²) < 4.78 is 1.01. The topological polar surface area (TPSA) is 55.1 Å². The molecule has 1 atom stereocenters. The van der Waals surface area contributed by atoms with Gasteiger partial charge in [-0.1, -0.05) is 22.9 Å². The number of anilines is 1. The van der Waals surface area contributed by atoms with E-state index in [4.69, 9.17) is 5.73 Å². The quantitative estimate of drug-likeness (QED) is 0.897. The van der Waals surface area contributed by atoms with Gasteiger partial charge < -0.3 is 11.1 Å². The third-order valence-electron chi connectivity index (χ3n) is 2.52. The molecule has 4 heteroatoms. The van der Waals surface area contributed by atoms with Crippen LogP contribution in [0.5, 0.6) is 0 Å². The van der Waals surface area contributed by atoms with Crippen molar-refractivity contribution >= 4 is 27.5 Å². The number of aryl methyl sites for hydroxylation is 2. The molecule has 1 rings (SSSR count). The lowest BCUT2D eigenvalue weighted by atomic mass is 10.1. The molecule has 16 heavy (non-hydrogen) atoms. The van der Waals surface area contributed by atoms with E-state index >= 15 is 0 Å². The van der Waals surface area contributed by atoms with Gasteiger partial charge in [0.15, 0.2) is 0 Å². The summed E-state index contributed by atoms with van der Waals surface area (Å²) in [6.45, 7) is 5.82. The fourth-order valence-corrected chi connectivity index (χ4v) is 2.20. The number of hydrogen-bond acceptors (Lipinski definition) is 2. The zero-order chi connectivity index (χ0) is 12.3. The van der Waals surface area contributed by atoms with E-state index in [2.05, 4.69) is 21.2 Å². The lowest BCUT2D eigenvalue weighted by Crippen LogP contribution is -2.35. The molecule has 1 aromatic rings. The van der Waals surface area contributed by atoms with Gasteiger partial charge in [0, 0.05) is 10.2 Å². The van der Waals surface area contributed by atoms with Gasteiger partial charge >= 0.3 is 0 Å². The normalized spacial score (nSPS) is 12.3. The molecule has 1 amide bonds. The number of hydrogen-bond donors (Lipinski definition) is 2. The lowest BCUT2D eigenvalue weighted by Gasteiger charge is -2.14. The van der Waals surface area contributed by atoms with Crippen LogP contribution in [0.15, 0.2) is 16.6 Å². The minimum Gasteiger partial charge on any atom is -0.324 e. The van der Waals surface area contributed by atoms with Crippen LogP contribution >= 0.6 is 15.9 Å². The summed E-state index contributed by atoms with van der Waals surface area (Å²) in [5, 5.41) is 2.87. The molecule has 0 fully saturated rings. The highest BCUT2D eigenvalue weighted by Crippen LogP contribution is 2.25. The number of rotatable bonds is 3. The monoisotopic (exact) mass is 284 g/mol. The number of carbonyl (C=O) groups excluding carboxylic acids is 1. The van der Waals surface area contributed by atoms with Crippen molar-refractivity contribution in [2.24, 2.45) is 5.73 Å². The average molecular weight is 285 g/mol. The number of halogens is 1. The fraction of sp³-hybridized carbons (Fsp3) is 0.417. The van der Waals surface area contributed by atoms with Crippen LogP contribution < -0.4 is 11.1 Å². The van der Waals surface area contributed by atoms with E-state index in [1.54, 1.807) is 0 Å². The molecule has 0 aliphatic heterocycles. The van der Waals surface area contributed by atoms with Gasteiger partial charge in [0.2, 0.25) is 5.91 Å². The van der Waals surface area contributed by atoms with Gasteiger partial charge in [0.25, 0.3) is 0 Å². The molecule has 0 unspecified atom stereocenters. The summed E-state index contributed by atoms with van der Waals surface area (Å²) in [6, 6.07) is 3.50. The Bertz CT molecular complexity index is 381. The van der Waals surface area contributed by atoms with Crippen molar-refractivity contribution in [2.45, 2.75) is 33.2 Å². The largest absolute Gasteiger partial charge is 0.324 e. The summed E-state index contributed by atoms with van der Waals surface area (Å²) >= 11 is 3.42. The first kappa shape index (κ1) is 13.2. The Balaban J connectivity index is 2.93. The minimum absolute atomic E-state index is 0.129. The number of benzene rings is 1. The Morgan fingerprint density at radius 2 is 1.94 bits per heavy atom. The third kappa shape index (κ3) is 3.06. The van der Waals surface area contributed by atoms with Gasteiger partial charge in [0.05, 0.1) is 6.04 Å². The Labute approximate surface area is 105 Å². The molecule has 0 aliphatic rings. The van der Waals surface area contributed by atoms with Crippen molar-refractivity contribution in [3.05, 3.63) is 27.7 Å². The number of nitrogens with two attached hydrogens (primary N) is 1. The van der Waals surface area contributed by atoms with E-state index in [1.807, 2.05) is 32.9 Å². The van der Waals surface area contributed by atoms with Crippen molar-refractivity contribution in [3.63, 3.8) is 0 Å². The van der Waals surface area contributed by atoms with Gasteiger partial charge in [-0.3, -0.25) is 4.79 Å². The standard InChI is InChI=1S/C12H17BrN2O/c1-4-10(14)12(16)15-11-7(2)5-9(13)6-8(11)3/h5-6,10H,4,14H2,1-3H3,(H,15,16)/t10-/m1/s1. The van der Waals surface area contributed by atoms with Crippen LogP contribution in [0.25, 0.3) is 0 Å². The first-order valence-corrected chi connectivity index (χ1v) is 6.08. The summed E-state index contributed by atoms with van der Waals surface area (Å²) in [5.41, 5.74) is 8.59. The SMILES string of the molecule is CC[C@@H](N)C(=O)Nc1c(C)cc(Br)cc1C. The third-order valence-corrected chi connectivity index (χ3v) is 2.98. The number of amides is 1. The molecule has 0 spiro atoms. The van der Waals surface area contributed by atoms with Crippen molar-refractivity contribution in [3.8, 4) is 0 Å². The fourth-order valence-electron chi connectivity index (χ4n) is 1.51. The number of carbonyl (C=O) groups is 1. The van der Waals surface area contributed by atoms with E-state index in [1.165, 1.54) is 0 Å². The van der Waals surface area contributed by atoms with E-state index in [-0.39, 0.29) is 5.91 Å². The summed E-state index contributed by atoms with van der Waals surface area (Å²) in [7, 11) is 0. The summed E-state index contributed by atoms with van der Waals surface area (Å²) in [4.78, 5) is 11.7. The smallest absolute Gasteiger partial charge is 0.241 e. The van der Waals surface area contributed by atoms with Crippen molar-refractivity contribution in [1.82, 2.24) is 0 Å². The summed E-state index contributed by atoms with van der Waals surface area (Å²) in [6.07, 6.45) is 0.639. The van der Waals surface area contributed by atoms with Crippen LogP contribution in [0, 0.1) is 13.8 Å². The second-order valence-corrected chi connectivity index (χ2v) is 4.83. The van der Waals surface area contributed by atoms with Crippen LogP contribution in [0.1, 0.15) is 24.5 Å². The highest BCUT2D eigenvalue weighted by atomic mass is 79.9. The Kier molecular flexibility index (Phi) is 4.50. The maximum atomic E-state index is 11.7. The predicted molar refractivity (Wildman–Crippen MR) is 70.5 cm³/mol.